The number of hydrogen-bond donors (Lipinski definition) is 0. The van der Waals surface area contributed by atoms with E-state index in [1.165, 1.54) is 45.9 Å². The maximum absolute atomic E-state index is 8.89. The van der Waals surface area contributed by atoms with Crippen molar-refractivity contribution < 1.29 is 9.90 Å². The summed E-state index contributed by atoms with van der Waals surface area (Å²) in [6, 6.07) is 31.0. The number of unbranched alkanes of at least 4 members (excludes halogenated alkanes) is 2. The molecular formula is C25H28O2S. The lowest BCUT2D eigenvalue weighted by atomic mass is 10.1. The summed E-state index contributed by atoms with van der Waals surface area (Å²) >= 11 is 0. The molecule has 146 valence electrons. The molecule has 0 aliphatic carbocycles. The minimum atomic E-state index is -1.08. The Hall–Kier alpha value is -2.52. The summed E-state index contributed by atoms with van der Waals surface area (Å²) in [7, 11) is -0.0302. The van der Waals surface area contributed by atoms with Crippen molar-refractivity contribution in [1.29, 1.82) is 0 Å². The molecule has 28 heavy (non-hydrogen) atoms. The number of hydrogen-bond acceptors (Lipinski definition) is 2. The van der Waals surface area contributed by atoms with Crippen LogP contribution in [-0.2, 0) is 22.1 Å². The van der Waals surface area contributed by atoms with Crippen LogP contribution in [0, 0.1) is 0 Å². The molecule has 3 rings (SSSR count). The van der Waals surface area contributed by atoms with Crippen molar-refractivity contribution in [3.63, 3.8) is 0 Å². The van der Waals surface area contributed by atoms with Crippen molar-refractivity contribution in [2.45, 2.75) is 54.2 Å². The van der Waals surface area contributed by atoms with Gasteiger partial charge in [-0.05, 0) is 61.7 Å². The fourth-order valence-electron chi connectivity index (χ4n) is 2.89. The molecule has 3 aromatic rings. The number of rotatable bonds is 7. The number of aryl methyl sites for hydroxylation is 1. The third-order valence-corrected chi connectivity index (χ3v) is 6.42. The van der Waals surface area contributed by atoms with Crippen molar-refractivity contribution in [2.75, 3.05) is 0 Å². The monoisotopic (exact) mass is 392 g/mol. The Morgan fingerprint density at radius 3 is 1.61 bits per heavy atom. The molecule has 0 fully saturated rings. The van der Waals surface area contributed by atoms with E-state index in [-0.39, 0.29) is 10.9 Å². The van der Waals surface area contributed by atoms with Crippen LogP contribution in [0.15, 0.2) is 99.6 Å². The topological polar surface area (TPSA) is 40.1 Å². The van der Waals surface area contributed by atoms with Gasteiger partial charge in [0.05, 0.1) is 10.9 Å². The van der Waals surface area contributed by atoms with Crippen molar-refractivity contribution in [3.8, 4) is 0 Å². The Labute approximate surface area is 171 Å². The van der Waals surface area contributed by atoms with E-state index in [4.69, 9.17) is 9.90 Å². The third kappa shape index (κ3) is 7.24. The predicted molar refractivity (Wildman–Crippen MR) is 115 cm³/mol. The van der Waals surface area contributed by atoms with E-state index < -0.39 is 5.97 Å². The van der Waals surface area contributed by atoms with Crippen LogP contribution in [0.2, 0.25) is 0 Å². The predicted octanol–water partition coefficient (Wildman–Crippen LogP) is 5.27. The van der Waals surface area contributed by atoms with Crippen LogP contribution in [0.3, 0.4) is 0 Å². The van der Waals surface area contributed by atoms with E-state index >= 15 is 0 Å². The molecule has 0 aromatic heterocycles. The van der Waals surface area contributed by atoms with Crippen molar-refractivity contribution in [2.24, 2.45) is 0 Å². The molecule has 0 spiro atoms. The Kier molecular flexibility index (Phi) is 9.36. The molecule has 3 aromatic carbocycles. The van der Waals surface area contributed by atoms with Crippen molar-refractivity contribution >= 4 is 16.9 Å². The first-order valence-electron chi connectivity index (χ1n) is 9.72. The average Bonchev–Trinajstić information content (AvgIpc) is 2.71. The van der Waals surface area contributed by atoms with Gasteiger partial charge in [0, 0.05) is 5.97 Å². The summed E-state index contributed by atoms with van der Waals surface area (Å²) in [5.41, 5.74) is 1.46. The maximum atomic E-state index is 8.89. The minimum Gasteiger partial charge on any atom is -0.550 e. The quantitative estimate of drug-likeness (QED) is 0.406. The largest absolute Gasteiger partial charge is 0.550 e. The number of carbonyl (C=O) groups excluding carboxylic acids is 1. The van der Waals surface area contributed by atoms with Gasteiger partial charge in [0.1, 0.15) is 0 Å². The van der Waals surface area contributed by atoms with E-state index in [1.807, 2.05) is 0 Å². The normalized spacial score (nSPS) is 10.2. The lowest BCUT2D eigenvalue weighted by Gasteiger charge is -2.08. The smallest absolute Gasteiger partial charge is 0.166 e. The molecule has 0 amide bonds. The molecule has 0 atom stereocenters. The van der Waals surface area contributed by atoms with Crippen LogP contribution >= 0.6 is 0 Å². The zero-order chi connectivity index (χ0) is 20.2. The summed E-state index contributed by atoms with van der Waals surface area (Å²) in [4.78, 5) is 13.0. The highest BCUT2D eigenvalue weighted by Gasteiger charge is 2.27. The Balaban J connectivity index is 0.000000640. The molecule has 0 aliphatic rings. The molecule has 0 N–H and O–H groups in total. The van der Waals surface area contributed by atoms with Gasteiger partial charge in [-0.3, -0.25) is 0 Å². The minimum absolute atomic E-state index is 0.0302. The number of carboxylic acids is 1. The van der Waals surface area contributed by atoms with Crippen LogP contribution in [0.25, 0.3) is 0 Å². The lowest BCUT2D eigenvalue weighted by molar-refractivity contribution is -0.302. The van der Waals surface area contributed by atoms with Gasteiger partial charge in [-0.25, -0.2) is 0 Å². The summed E-state index contributed by atoms with van der Waals surface area (Å²) in [5.74, 6) is -1.08. The Morgan fingerprint density at radius 2 is 1.18 bits per heavy atom. The van der Waals surface area contributed by atoms with E-state index in [2.05, 4.69) is 91.9 Å². The van der Waals surface area contributed by atoms with Crippen molar-refractivity contribution in [1.82, 2.24) is 0 Å². The summed E-state index contributed by atoms with van der Waals surface area (Å²) in [6.07, 6.45) is 5.08. The van der Waals surface area contributed by atoms with E-state index in [9.17, 15) is 0 Å². The van der Waals surface area contributed by atoms with Gasteiger partial charge in [-0.2, -0.15) is 0 Å². The second-order valence-corrected chi connectivity index (χ2v) is 8.55. The molecule has 3 heteroatoms. The molecule has 0 saturated carbocycles. The van der Waals surface area contributed by atoms with Crippen LogP contribution in [0.4, 0.5) is 0 Å². The molecular weight excluding hydrogens is 364 g/mol. The SMILES string of the molecule is CC(=O)[O-].CCCCCc1ccc([S+](c2ccccc2)c2ccccc2)cc1. The lowest BCUT2D eigenvalue weighted by Crippen LogP contribution is -2.16. The van der Waals surface area contributed by atoms with Crippen LogP contribution in [-0.4, -0.2) is 5.97 Å². The van der Waals surface area contributed by atoms with Crippen LogP contribution < -0.4 is 5.11 Å². The van der Waals surface area contributed by atoms with Gasteiger partial charge >= 0.3 is 0 Å². The van der Waals surface area contributed by atoms with Gasteiger partial charge in [0.15, 0.2) is 14.7 Å². The van der Waals surface area contributed by atoms with Crippen LogP contribution in [0.5, 0.6) is 0 Å². The summed E-state index contributed by atoms with van der Waals surface area (Å²) < 4.78 is 0. The molecule has 0 aliphatic heterocycles. The highest BCUT2D eigenvalue weighted by Crippen LogP contribution is 2.31. The van der Waals surface area contributed by atoms with Crippen molar-refractivity contribution in [3.05, 3.63) is 90.5 Å². The average molecular weight is 393 g/mol. The Bertz CT molecular complexity index is 771. The fraction of sp³-hybridized carbons (Fsp3) is 0.240. The molecule has 0 heterocycles. The number of carbonyl (C=O) groups is 1. The van der Waals surface area contributed by atoms with E-state index in [0.717, 1.165) is 6.92 Å². The van der Waals surface area contributed by atoms with Gasteiger partial charge in [0.2, 0.25) is 0 Å². The van der Waals surface area contributed by atoms with E-state index in [0.29, 0.717) is 0 Å². The third-order valence-electron chi connectivity index (χ3n) is 4.19. The fourth-order valence-corrected chi connectivity index (χ4v) is 4.98. The second kappa shape index (κ2) is 12.0. The first-order chi connectivity index (χ1) is 13.6. The second-order valence-electron chi connectivity index (χ2n) is 6.52. The summed E-state index contributed by atoms with van der Waals surface area (Å²) in [6.45, 7) is 3.23. The summed E-state index contributed by atoms with van der Waals surface area (Å²) in [5, 5.41) is 8.89. The van der Waals surface area contributed by atoms with Crippen LogP contribution in [0.1, 0.15) is 38.7 Å². The van der Waals surface area contributed by atoms with Gasteiger partial charge in [0.25, 0.3) is 0 Å². The van der Waals surface area contributed by atoms with Gasteiger partial charge < -0.3 is 9.90 Å². The standard InChI is InChI=1S/C23H25S.C2H4O2/c1-2-3-6-11-20-16-18-23(19-17-20)24(21-12-7-4-8-13-21)22-14-9-5-10-15-22;1-2(3)4/h4-5,7-10,12-19H,2-3,6,11H2,1H3;1H3,(H,3,4)/q+1;/p-1. The molecule has 0 bridgehead atoms. The molecule has 0 unspecified atom stereocenters. The maximum Gasteiger partial charge on any atom is 0.166 e. The molecule has 0 radical (unpaired) electrons. The molecule has 2 nitrogen and oxygen atoms in total. The zero-order valence-corrected chi connectivity index (χ0v) is 17.5. The molecule has 0 saturated heterocycles. The Morgan fingerprint density at radius 1 is 0.750 bits per heavy atom. The highest BCUT2D eigenvalue weighted by atomic mass is 32.2. The van der Waals surface area contributed by atoms with Gasteiger partial charge in [-0.15, -0.1) is 0 Å². The first kappa shape index (κ1) is 21.8. The van der Waals surface area contributed by atoms with Gasteiger partial charge in [-0.1, -0.05) is 68.3 Å². The van der Waals surface area contributed by atoms with E-state index in [1.54, 1.807) is 0 Å². The number of carboxylic acid groups (broad SMARTS) is 1. The number of aliphatic carboxylic acids is 1. The highest BCUT2D eigenvalue weighted by molar-refractivity contribution is 7.97. The zero-order valence-electron chi connectivity index (χ0n) is 16.6. The number of benzene rings is 3. The first-order valence-corrected chi connectivity index (χ1v) is 10.9.